The number of benzene rings is 1. The van der Waals surface area contributed by atoms with Gasteiger partial charge < -0.3 is 11.1 Å². The molecule has 0 fully saturated rings. The maximum atomic E-state index is 12.6. The molecule has 0 aliphatic carbocycles. The molecule has 1 aromatic heterocycles. The van der Waals surface area contributed by atoms with Crippen molar-refractivity contribution in [2.75, 3.05) is 11.1 Å². The molecule has 106 valence electrons. The first-order valence-corrected chi connectivity index (χ1v) is 5.96. The van der Waals surface area contributed by atoms with Crippen molar-refractivity contribution in [3.63, 3.8) is 0 Å². The molecular weight excluding hydrogens is 316 g/mol. The van der Waals surface area contributed by atoms with Gasteiger partial charge in [-0.15, -0.1) is 0 Å². The van der Waals surface area contributed by atoms with Gasteiger partial charge in [0, 0.05) is 6.07 Å². The Balaban J connectivity index is 2.39. The molecule has 0 radical (unpaired) electrons. The lowest BCUT2D eigenvalue weighted by atomic mass is 10.3. The van der Waals surface area contributed by atoms with Gasteiger partial charge in [0.05, 0.1) is 15.7 Å². The van der Waals surface area contributed by atoms with Gasteiger partial charge in [0.1, 0.15) is 5.82 Å². The zero-order chi connectivity index (χ0) is 14.9. The van der Waals surface area contributed by atoms with Crippen molar-refractivity contribution in [1.29, 1.82) is 0 Å². The van der Waals surface area contributed by atoms with Gasteiger partial charge in [0.25, 0.3) is 0 Å². The minimum Gasteiger partial charge on any atom is -0.368 e. The fourth-order valence-electron chi connectivity index (χ4n) is 1.41. The first kappa shape index (κ1) is 14.7. The Morgan fingerprint density at radius 2 is 1.85 bits per heavy atom. The van der Waals surface area contributed by atoms with Crippen LogP contribution in [0.1, 0.15) is 5.69 Å². The number of halogens is 5. The molecule has 0 saturated carbocycles. The normalized spacial score (nSPS) is 11.4. The van der Waals surface area contributed by atoms with Gasteiger partial charge in [0.15, 0.2) is 5.69 Å². The van der Waals surface area contributed by atoms with Gasteiger partial charge in [-0.25, -0.2) is 4.98 Å². The zero-order valence-electron chi connectivity index (χ0n) is 9.67. The average Bonchev–Trinajstić information content (AvgIpc) is 2.33. The summed E-state index contributed by atoms with van der Waals surface area (Å²) in [5.41, 5.74) is 4.42. The van der Waals surface area contributed by atoms with E-state index in [2.05, 4.69) is 15.3 Å². The number of rotatable bonds is 2. The van der Waals surface area contributed by atoms with E-state index in [-0.39, 0.29) is 15.9 Å². The average molecular weight is 323 g/mol. The highest BCUT2D eigenvalue weighted by molar-refractivity contribution is 6.43. The van der Waals surface area contributed by atoms with E-state index in [0.29, 0.717) is 5.69 Å². The van der Waals surface area contributed by atoms with Gasteiger partial charge in [0.2, 0.25) is 5.95 Å². The smallest absolute Gasteiger partial charge is 0.368 e. The lowest BCUT2D eigenvalue weighted by molar-refractivity contribution is -0.141. The van der Waals surface area contributed by atoms with Gasteiger partial charge in [-0.3, -0.25) is 0 Å². The van der Waals surface area contributed by atoms with E-state index < -0.39 is 17.8 Å². The van der Waals surface area contributed by atoms with Crippen molar-refractivity contribution < 1.29 is 13.2 Å². The molecule has 0 aliphatic rings. The molecule has 1 aromatic carbocycles. The Bertz CT molecular complexity index is 646. The second-order valence-corrected chi connectivity index (χ2v) is 4.51. The summed E-state index contributed by atoms with van der Waals surface area (Å²) in [7, 11) is 0. The maximum absolute atomic E-state index is 12.6. The number of hydrogen-bond donors (Lipinski definition) is 2. The zero-order valence-corrected chi connectivity index (χ0v) is 11.2. The lowest BCUT2D eigenvalue weighted by Gasteiger charge is -2.11. The maximum Gasteiger partial charge on any atom is 0.433 e. The SMILES string of the molecule is Nc1nc(Nc2cccc(Cl)c2Cl)cc(C(F)(F)F)n1. The van der Waals surface area contributed by atoms with Crippen molar-refractivity contribution in [2.24, 2.45) is 0 Å². The van der Waals surface area contributed by atoms with Gasteiger partial charge >= 0.3 is 6.18 Å². The third-order valence-corrected chi connectivity index (χ3v) is 3.07. The minimum atomic E-state index is -4.62. The summed E-state index contributed by atoms with van der Waals surface area (Å²) in [6, 6.07) is 5.41. The number of nitrogens with two attached hydrogens (primary N) is 1. The molecule has 3 N–H and O–H groups in total. The Morgan fingerprint density at radius 1 is 1.15 bits per heavy atom. The Hall–Kier alpha value is -1.73. The Morgan fingerprint density at radius 3 is 2.50 bits per heavy atom. The van der Waals surface area contributed by atoms with Gasteiger partial charge in [-0.2, -0.15) is 18.2 Å². The van der Waals surface area contributed by atoms with Crippen LogP contribution in [0.25, 0.3) is 0 Å². The first-order valence-electron chi connectivity index (χ1n) is 5.20. The standard InChI is InChI=1S/C11H7Cl2F3N4/c12-5-2-1-3-6(9(5)13)18-8-4-7(11(14,15)16)19-10(17)20-8/h1-4H,(H3,17,18,19,20). The monoisotopic (exact) mass is 322 g/mol. The molecule has 0 atom stereocenters. The largest absolute Gasteiger partial charge is 0.433 e. The third kappa shape index (κ3) is 3.23. The summed E-state index contributed by atoms with van der Waals surface area (Å²) in [5, 5.41) is 3.04. The van der Waals surface area contributed by atoms with E-state index >= 15 is 0 Å². The minimum absolute atomic E-state index is 0.131. The molecule has 4 nitrogen and oxygen atoms in total. The third-order valence-electron chi connectivity index (χ3n) is 2.25. The van der Waals surface area contributed by atoms with Crippen molar-refractivity contribution in [1.82, 2.24) is 9.97 Å². The number of aromatic nitrogens is 2. The summed E-state index contributed by atoms with van der Waals surface area (Å²) >= 11 is 11.7. The first-order chi connectivity index (χ1) is 9.27. The van der Waals surface area contributed by atoms with Crippen LogP contribution in [0.4, 0.5) is 30.6 Å². The number of hydrogen-bond acceptors (Lipinski definition) is 4. The molecule has 0 unspecified atom stereocenters. The number of nitrogen functional groups attached to an aromatic ring is 1. The van der Waals surface area contributed by atoms with Crippen LogP contribution in [-0.4, -0.2) is 9.97 Å². The fourth-order valence-corrected chi connectivity index (χ4v) is 1.76. The fraction of sp³-hybridized carbons (Fsp3) is 0.0909. The van der Waals surface area contributed by atoms with E-state index in [1.807, 2.05) is 0 Å². The van der Waals surface area contributed by atoms with Crippen molar-refractivity contribution in [3.8, 4) is 0 Å². The molecule has 0 spiro atoms. The van der Waals surface area contributed by atoms with Gasteiger partial charge in [-0.1, -0.05) is 29.3 Å². The topological polar surface area (TPSA) is 63.8 Å². The summed E-state index contributed by atoms with van der Waals surface area (Å²) in [6.45, 7) is 0. The van der Waals surface area contributed by atoms with E-state index in [1.165, 1.54) is 0 Å². The molecule has 2 rings (SSSR count). The quantitative estimate of drug-likeness (QED) is 0.872. The summed E-state index contributed by atoms with van der Waals surface area (Å²) in [4.78, 5) is 6.80. The molecule has 0 amide bonds. The Kier molecular flexibility index (Phi) is 3.92. The van der Waals surface area contributed by atoms with Crippen LogP contribution in [-0.2, 0) is 6.18 Å². The van der Waals surface area contributed by atoms with Crippen LogP contribution < -0.4 is 11.1 Å². The predicted octanol–water partition coefficient (Wildman–Crippen LogP) is 4.13. The summed E-state index contributed by atoms with van der Waals surface area (Å²) in [5.74, 6) is -0.630. The molecule has 0 bridgehead atoms. The van der Waals surface area contributed by atoms with Crippen LogP contribution in [0, 0.1) is 0 Å². The molecular formula is C11H7Cl2F3N4. The van der Waals surface area contributed by atoms with E-state index in [1.54, 1.807) is 18.2 Å². The molecule has 2 aromatic rings. The molecule has 20 heavy (non-hydrogen) atoms. The second kappa shape index (κ2) is 5.34. The Labute approximate surface area is 121 Å². The van der Waals surface area contributed by atoms with Crippen molar-refractivity contribution in [2.45, 2.75) is 6.18 Å². The van der Waals surface area contributed by atoms with Gasteiger partial charge in [-0.05, 0) is 12.1 Å². The van der Waals surface area contributed by atoms with Crippen LogP contribution in [0.5, 0.6) is 0 Å². The highest BCUT2D eigenvalue weighted by Gasteiger charge is 2.33. The highest BCUT2D eigenvalue weighted by atomic mass is 35.5. The molecule has 0 saturated heterocycles. The number of nitrogens with one attached hydrogen (secondary N) is 1. The highest BCUT2D eigenvalue weighted by Crippen LogP contribution is 2.33. The summed E-state index contributed by atoms with van der Waals surface area (Å²) < 4.78 is 37.8. The molecule has 0 aliphatic heterocycles. The van der Waals surface area contributed by atoms with E-state index in [4.69, 9.17) is 28.9 Å². The van der Waals surface area contributed by atoms with Crippen molar-refractivity contribution in [3.05, 3.63) is 40.0 Å². The predicted molar refractivity (Wildman–Crippen MR) is 71.2 cm³/mol. The molecule has 1 heterocycles. The number of alkyl halides is 3. The van der Waals surface area contributed by atoms with E-state index in [0.717, 1.165) is 6.07 Å². The summed E-state index contributed by atoms with van der Waals surface area (Å²) in [6.07, 6.45) is -4.62. The van der Waals surface area contributed by atoms with Crippen LogP contribution in [0.3, 0.4) is 0 Å². The number of nitrogens with zero attached hydrogens (tertiary/aromatic N) is 2. The lowest BCUT2D eigenvalue weighted by Crippen LogP contribution is -2.12. The van der Waals surface area contributed by atoms with E-state index in [9.17, 15) is 13.2 Å². The molecule has 9 heteroatoms. The van der Waals surface area contributed by atoms with Crippen LogP contribution in [0.2, 0.25) is 10.0 Å². The van der Waals surface area contributed by atoms with Crippen LogP contribution >= 0.6 is 23.2 Å². The van der Waals surface area contributed by atoms with Crippen molar-refractivity contribution >= 4 is 40.7 Å². The second-order valence-electron chi connectivity index (χ2n) is 3.72. The van der Waals surface area contributed by atoms with Crippen LogP contribution in [0.15, 0.2) is 24.3 Å². The number of anilines is 3.